The van der Waals surface area contributed by atoms with Crippen LogP contribution in [-0.4, -0.2) is 16.8 Å². The number of hydrogen-bond donors (Lipinski definition) is 2. The van der Waals surface area contributed by atoms with E-state index in [1.807, 2.05) is 6.07 Å². The summed E-state index contributed by atoms with van der Waals surface area (Å²) in [6, 6.07) is 14.8. The second kappa shape index (κ2) is 6.78. The fourth-order valence-corrected chi connectivity index (χ4v) is 2.32. The van der Waals surface area contributed by atoms with Crippen molar-refractivity contribution in [1.82, 2.24) is 10.3 Å². The van der Waals surface area contributed by atoms with Crippen molar-refractivity contribution in [2.75, 3.05) is 0 Å². The summed E-state index contributed by atoms with van der Waals surface area (Å²) in [5.41, 5.74) is 7.27. The molecule has 6 heteroatoms. The van der Waals surface area contributed by atoms with Gasteiger partial charge >= 0.3 is 0 Å². The average molecular weight is 321 g/mol. The number of oxazole rings is 1. The third-order valence-corrected chi connectivity index (χ3v) is 3.56. The summed E-state index contributed by atoms with van der Waals surface area (Å²) in [7, 11) is 0. The molecular weight excluding hydrogens is 306 g/mol. The first-order chi connectivity index (χ1) is 11.6. The van der Waals surface area contributed by atoms with Crippen molar-refractivity contribution in [3.63, 3.8) is 0 Å². The number of carbonyl (C=O) groups is 2. The van der Waals surface area contributed by atoms with Crippen molar-refractivity contribution in [3.05, 3.63) is 78.3 Å². The monoisotopic (exact) mass is 321 g/mol. The van der Waals surface area contributed by atoms with Crippen LogP contribution in [0, 0.1) is 0 Å². The molecular formula is C18H15N3O3. The molecule has 0 fully saturated rings. The first-order valence-electron chi connectivity index (χ1n) is 7.29. The number of nitrogens with one attached hydrogen (secondary N) is 1. The third-order valence-electron chi connectivity index (χ3n) is 3.56. The van der Waals surface area contributed by atoms with E-state index in [9.17, 15) is 9.59 Å². The first kappa shape index (κ1) is 15.5. The maximum atomic E-state index is 12.4. The highest BCUT2D eigenvalue weighted by Crippen LogP contribution is 2.19. The van der Waals surface area contributed by atoms with Crippen LogP contribution in [0.15, 0.2) is 71.6 Å². The molecule has 2 amide bonds. The molecule has 3 N–H and O–H groups in total. The van der Waals surface area contributed by atoms with Crippen molar-refractivity contribution >= 4 is 11.8 Å². The summed E-state index contributed by atoms with van der Waals surface area (Å²) in [6.07, 6.45) is 2.93. The molecule has 0 aliphatic carbocycles. The number of rotatable bonds is 5. The Morgan fingerprint density at radius 1 is 1.04 bits per heavy atom. The summed E-state index contributed by atoms with van der Waals surface area (Å²) in [6.45, 7) is 0. The van der Waals surface area contributed by atoms with Crippen molar-refractivity contribution < 1.29 is 14.0 Å². The molecule has 1 heterocycles. The number of carbonyl (C=O) groups excluding carboxylic acids is 2. The van der Waals surface area contributed by atoms with Gasteiger partial charge in [-0.15, -0.1) is 0 Å². The Hall–Kier alpha value is -3.41. The molecule has 1 aromatic heterocycles. The fraction of sp³-hybridized carbons (Fsp3) is 0.0556. The zero-order valence-corrected chi connectivity index (χ0v) is 12.7. The van der Waals surface area contributed by atoms with E-state index < -0.39 is 11.9 Å². The highest BCUT2D eigenvalue weighted by molar-refractivity contribution is 5.97. The summed E-state index contributed by atoms with van der Waals surface area (Å²) in [5, 5.41) is 2.65. The number of nitrogens with two attached hydrogens (primary N) is 1. The molecule has 0 saturated carbocycles. The Morgan fingerprint density at radius 2 is 1.75 bits per heavy atom. The smallest absolute Gasteiger partial charge is 0.252 e. The minimum atomic E-state index is -0.882. The Morgan fingerprint density at radius 3 is 2.33 bits per heavy atom. The molecule has 6 nitrogen and oxygen atoms in total. The van der Waals surface area contributed by atoms with Crippen molar-refractivity contribution in [3.8, 4) is 11.3 Å². The van der Waals surface area contributed by atoms with Crippen LogP contribution >= 0.6 is 0 Å². The van der Waals surface area contributed by atoms with Crippen LogP contribution in [0.25, 0.3) is 11.3 Å². The quantitative estimate of drug-likeness (QED) is 0.753. The summed E-state index contributed by atoms with van der Waals surface area (Å²) >= 11 is 0. The molecule has 0 aliphatic heterocycles. The van der Waals surface area contributed by atoms with Gasteiger partial charge in [-0.1, -0.05) is 42.5 Å². The molecule has 0 spiro atoms. The maximum Gasteiger partial charge on any atom is 0.252 e. The van der Waals surface area contributed by atoms with Crippen LogP contribution in [0.1, 0.15) is 22.0 Å². The van der Waals surface area contributed by atoms with Gasteiger partial charge in [-0.3, -0.25) is 9.59 Å². The zero-order valence-electron chi connectivity index (χ0n) is 12.7. The van der Waals surface area contributed by atoms with Gasteiger partial charge in [-0.25, -0.2) is 4.98 Å². The van der Waals surface area contributed by atoms with Gasteiger partial charge in [0.25, 0.3) is 5.91 Å². The number of aromatic nitrogens is 1. The molecule has 3 rings (SSSR count). The van der Waals surface area contributed by atoms with Gasteiger partial charge < -0.3 is 15.5 Å². The molecule has 120 valence electrons. The lowest BCUT2D eigenvalue weighted by Gasteiger charge is -2.16. The molecule has 0 unspecified atom stereocenters. The molecule has 0 bridgehead atoms. The van der Waals surface area contributed by atoms with Gasteiger partial charge in [0.2, 0.25) is 5.91 Å². The van der Waals surface area contributed by atoms with Crippen LogP contribution in [-0.2, 0) is 4.79 Å². The Kier molecular flexibility index (Phi) is 4.38. The summed E-state index contributed by atoms with van der Waals surface area (Å²) < 4.78 is 5.20. The Labute approximate surface area is 138 Å². The summed E-state index contributed by atoms with van der Waals surface area (Å²) in [5.74, 6) is -0.388. The van der Waals surface area contributed by atoms with Crippen LogP contribution in [0.3, 0.4) is 0 Å². The number of amides is 2. The van der Waals surface area contributed by atoms with E-state index in [1.165, 1.54) is 6.39 Å². The number of nitrogens with zero attached hydrogens (tertiary/aromatic N) is 1. The van der Waals surface area contributed by atoms with E-state index in [1.54, 1.807) is 54.7 Å². The molecule has 1 atom stereocenters. The van der Waals surface area contributed by atoms with E-state index in [4.69, 9.17) is 10.2 Å². The lowest BCUT2D eigenvalue weighted by molar-refractivity contribution is -0.120. The maximum absolute atomic E-state index is 12.4. The topological polar surface area (TPSA) is 98.2 Å². The van der Waals surface area contributed by atoms with E-state index >= 15 is 0 Å². The SMILES string of the molecule is NC(=O)[C@@H](NC(=O)c1ccc(-c2cnco2)cc1)c1ccccc1. The van der Waals surface area contributed by atoms with E-state index in [0.29, 0.717) is 16.9 Å². The number of hydrogen-bond acceptors (Lipinski definition) is 4. The van der Waals surface area contributed by atoms with Gasteiger partial charge in [0.05, 0.1) is 6.20 Å². The van der Waals surface area contributed by atoms with Crippen LogP contribution in [0.4, 0.5) is 0 Å². The zero-order chi connectivity index (χ0) is 16.9. The second-order valence-electron chi connectivity index (χ2n) is 5.16. The minimum absolute atomic E-state index is 0.383. The van der Waals surface area contributed by atoms with Crippen LogP contribution in [0.5, 0.6) is 0 Å². The van der Waals surface area contributed by atoms with Crippen molar-refractivity contribution in [2.24, 2.45) is 5.73 Å². The largest absolute Gasteiger partial charge is 0.444 e. The minimum Gasteiger partial charge on any atom is -0.444 e. The van der Waals surface area contributed by atoms with Crippen molar-refractivity contribution in [1.29, 1.82) is 0 Å². The van der Waals surface area contributed by atoms with Crippen molar-refractivity contribution in [2.45, 2.75) is 6.04 Å². The predicted octanol–water partition coefficient (Wildman–Crippen LogP) is 2.30. The number of benzene rings is 2. The van der Waals surface area contributed by atoms with Crippen LogP contribution < -0.4 is 11.1 Å². The normalized spacial score (nSPS) is 11.7. The standard InChI is InChI=1S/C18H15N3O3/c19-17(22)16(13-4-2-1-3-5-13)21-18(23)14-8-6-12(7-9-14)15-10-20-11-24-15/h1-11,16H,(H2,19,22)(H,21,23)/t16-/m0/s1. The molecule has 0 radical (unpaired) electrons. The van der Waals surface area contributed by atoms with E-state index in [2.05, 4.69) is 10.3 Å². The molecule has 0 saturated heterocycles. The van der Waals surface area contributed by atoms with Gasteiger partial charge in [0.15, 0.2) is 12.2 Å². The number of primary amides is 1. The van der Waals surface area contributed by atoms with Gasteiger partial charge in [0.1, 0.15) is 6.04 Å². The molecule has 24 heavy (non-hydrogen) atoms. The first-order valence-corrected chi connectivity index (χ1v) is 7.29. The van der Waals surface area contributed by atoms with E-state index in [-0.39, 0.29) is 5.91 Å². The lowest BCUT2D eigenvalue weighted by Crippen LogP contribution is -2.37. The molecule has 3 aromatic rings. The predicted molar refractivity (Wildman–Crippen MR) is 87.8 cm³/mol. The Bertz CT molecular complexity index is 828. The third kappa shape index (κ3) is 3.33. The fourth-order valence-electron chi connectivity index (χ4n) is 2.32. The Balaban J connectivity index is 1.77. The van der Waals surface area contributed by atoms with Crippen LogP contribution in [0.2, 0.25) is 0 Å². The molecule has 2 aromatic carbocycles. The molecule has 0 aliphatic rings. The highest BCUT2D eigenvalue weighted by atomic mass is 16.3. The second-order valence-corrected chi connectivity index (χ2v) is 5.16. The van der Waals surface area contributed by atoms with Gasteiger partial charge in [-0.05, 0) is 17.7 Å². The summed E-state index contributed by atoms with van der Waals surface area (Å²) in [4.78, 5) is 27.9. The van der Waals surface area contributed by atoms with E-state index in [0.717, 1.165) is 5.56 Å². The van der Waals surface area contributed by atoms with Gasteiger partial charge in [-0.2, -0.15) is 0 Å². The highest BCUT2D eigenvalue weighted by Gasteiger charge is 2.20. The van der Waals surface area contributed by atoms with Gasteiger partial charge in [0, 0.05) is 11.1 Å². The lowest BCUT2D eigenvalue weighted by atomic mass is 10.1. The average Bonchev–Trinajstić information content (AvgIpc) is 3.15.